The predicted octanol–water partition coefficient (Wildman–Crippen LogP) is 4.20. The fourth-order valence-corrected chi connectivity index (χ4v) is 3.47. The number of hydrogen-bond acceptors (Lipinski definition) is 3. The maximum absolute atomic E-state index is 11.2. The number of ether oxygens (including phenoxy) is 2. The zero-order valence-corrected chi connectivity index (χ0v) is 15.8. The second-order valence-corrected chi connectivity index (χ2v) is 7.04. The Hall–Kier alpha value is -2.37. The molecule has 5 nitrogen and oxygen atoms in total. The van der Waals surface area contributed by atoms with Gasteiger partial charge in [-0.25, -0.2) is 4.79 Å². The van der Waals surface area contributed by atoms with Crippen molar-refractivity contribution < 1.29 is 19.4 Å². The van der Waals surface area contributed by atoms with Crippen LogP contribution in [-0.4, -0.2) is 42.4 Å². The summed E-state index contributed by atoms with van der Waals surface area (Å²) in [4.78, 5) is 12.6. The van der Waals surface area contributed by atoms with Crippen LogP contribution >= 0.6 is 0 Å². The van der Waals surface area contributed by atoms with Crippen molar-refractivity contribution in [2.24, 2.45) is 0 Å². The number of benzene rings is 2. The number of nitrogens with zero attached hydrogens (tertiary/aromatic N) is 1. The summed E-state index contributed by atoms with van der Waals surface area (Å²) in [6.07, 6.45) is 0.909. The van der Waals surface area contributed by atoms with Crippen molar-refractivity contribution in [1.29, 1.82) is 0 Å². The van der Waals surface area contributed by atoms with Gasteiger partial charge in [0.15, 0.2) is 0 Å². The molecule has 1 amide bonds. The summed E-state index contributed by atoms with van der Waals surface area (Å²) < 4.78 is 11.9. The molecule has 1 aliphatic rings. The Bertz CT molecular complexity index is 741. The monoisotopic (exact) mass is 369 g/mol. The van der Waals surface area contributed by atoms with Crippen LogP contribution in [-0.2, 0) is 21.7 Å². The van der Waals surface area contributed by atoms with Gasteiger partial charge in [-0.05, 0) is 36.5 Å². The lowest BCUT2D eigenvalue weighted by Crippen LogP contribution is -2.62. The molecule has 0 aliphatic carbocycles. The van der Waals surface area contributed by atoms with E-state index in [-0.39, 0.29) is 0 Å². The van der Waals surface area contributed by atoms with Gasteiger partial charge in [-0.15, -0.1) is 0 Å². The molecule has 0 saturated carbocycles. The second kappa shape index (κ2) is 9.02. The van der Waals surface area contributed by atoms with Crippen molar-refractivity contribution in [2.75, 3.05) is 26.3 Å². The molecule has 2 aromatic rings. The lowest BCUT2D eigenvalue weighted by Gasteiger charge is -2.49. The Balaban J connectivity index is 1.44. The number of carbonyl (C=O) groups is 1. The highest BCUT2D eigenvalue weighted by Crippen LogP contribution is 2.37. The van der Waals surface area contributed by atoms with Crippen molar-refractivity contribution in [2.45, 2.75) is 32.0 Å². The average molecular weight is 369 g/mol. The molecule has 1 aliphatic heterocycles. The quantitative estimate of drug-likeness (QED) is 0.673. The van der Waals surface area contributed by atoms with Gasteiger partial charge in [0.2, 0.25) is 0 Å². The molecule has 0 radical (unpaired) electrons. The summed E-state index contributed by atoms with van der Waals surface area (Å²) in [6, 6.07) is 18.2. The van der Waals surface area contributed by atoms with E-state index in [2.05, 4.69) is 12.1 Å². The molecule has 1 N–H and O–H groups in total. The standard InChI is InChI=1S/C22H27NO4/c1-18-9-5-6-12-20(18)22(16-23(17-22)21(24)25)27-14-8-7-13-26-15-19-10-3-2-4-11-19/h2-6,9-12H,7-8,13-17H2,1H3,(H,24,25). The Labute approximate surface area is 160 Å². The van der Waals surface area contributed by atoms with Gasteiger partial charge in [0, 0.05) is 13.2 Å². The third-order valence-electron chi connectivity index (χ3n) is 4.97. The van der Waals surface area contributed by atoms with Crippen LogP contribution in [0.3, 0.4) is 0 Å². The molecule has 0 spiro atoms. The minimum Gasteiger partial charge on any atom is -0.465 e. The lowest BCUT2D eigenvalue weighted by molar-refractivity contribution is -0.140. The largest absolute Gasteiger partial charge is 0.465 e. The summed E-state index contributed by atoms with van der Waals surface area (Å²) in [7, 11) is 0. The minimum atomic E-state index is -0.892. The van der Waals surface area contributed by atoms with Crippen molar-refractivity contribution in [1.82, 2.24) is 4.90 Å². The van der Waals surface area contributed by atoms with Crippen LogP contribution in [0.2, 0.25) is 0 Å². The summed E-state index contributed by atoms with van der Waals surface area (Å²) in [6.45, 7) is 4.73. The highest BCUT2D eigenvalue weighted by molar-refractivity contribution is 5.67. The smallest absolute Gasteiger partial charge is 0.407 e. The molecule has 144 valence electrons. The molecule has 0 atom stereocenters. The fraction of sp³-hybridized carbons (Fsp3) is 0.409. The molecule has 1 saturated heterocycles. The van der Waals surface area contributed by atoms with E-state index in [1.54, 1.807) is 0 Å². The topological polar surface area (TPSA) is 59.0 Å². The van der Waals surface area contributed by atoms with Gasteiger partial charge < -0.3 is 19.5 Å². The van der Waals surface area contributed by atoms with E-state index in [0.29, 0.717) is 32.9 Å². The summed E-state index contributed by atoms with van der Waals surface area (Å²) in [5, 5.41) is 9.20. The Morgan fingerprint density at radius 3 is 2.41 bits per heavy atom. The molecule has 0 unspecified atom stereocenters. The van der Waals surface area contributed by atoms with E-state index in [4.69, 9.17) is 9.47 Å². The number of rotatable bonds is 9. The van der Waals surface area contributed by atoms with Crippen LogP contribution in [0, 0.1) is 6.92 Å². The first kappa shape index (κ1) is 19.4. The lowest BCUT2D eigenvalue weighted by atomic mass is 9.83. The molecule has 0 bridgehead atoms. The first-order valence-electron chi connectivity index (χ1n) is 9.40. The van der Waals surface area contributed by atoms with E-state index in [1.807, 2.05) is 49.4 Å². The maximum Gasteiger partial charge on any atom is 0.407 e. The Kier molecular flexibility index (Phi) is 6.48. The summed E-state index contributed by atoms with van der Waals surface area (Å²) in [5.41, 5.74) is 2.88. The van der Waals surface area contributed by atoms with Gasteiger partial charge in [-0.1, -0.05) is 54.6 Å². The molecule has 5 heteroatoms. The van der Waals surface area contributed by atoms with Crippen LogP contribution in [0.25, 0.3) is 0 Å². The van der Waals surface area contributed by atoms with Crippen LogP contribution in [0.5, 0.6) is 0 Å². The van der Waals surface area contributed by atoms with Crippen molar-refractivity contribution in [3.8, 4) is 0 Å². The highest BCUT2D eigenvalue weighted by Gasteiger charge is 2.48. The molecule has 1 fully saturated rings. The van der Waals surface area contributed by atoms with Crippen molar-refractivity contribution >= 4 is 6.09 Å². The average Bonchev–Trinajstić information content (AvgIpc) is 2.64. The van der Waals surface area contributed by atoms with Gasteiger partial charge in [0.25, 0.3) is 0 Å². The maximum atomic E-state index is 11.2. The minimum absolute atomic E-state index is 0.387. The second-order valence-electron chi connectivity index (χ2n) is 7.04. The molecule has 2 aromatic carbocycles. The summed E-state index contributed by atoms with van der Waals surface area (Å²) >= 11 is 0. The molecular weight excluding hydrogens is 342 g/mol. The number of unbranched alkanes of at least 4 members (excludes halogenated alkanes) is 1. The Morgan fingerprint density at radius 2 is 1.70 bits per heavy atom. The Morgan fingerprint density at radius 1 is 1.04 bits per heavy atom. The first-order chi connectivity index (χ1) is 13.1. The van der Waals surface area contributed by atoms with Crippen molar-refractivity contribution in [3.05, 3.63) is 71.3 Å². The first-order valence-corrected chi connectivity index (χ1v) is 9.40. The van der Waals surface area contributed by atoms with Crippen LogP contribution in [0.1, 0.15) is 29.5 Å². The van der Waals surface area contributed by atoms with Crippen LogP contribution < -0.4 is 0 Å². The van der Waals surface area contributed by atoms with Gasteiger partial charge >= 0.3 is 6.09 Å². The number of hydrogen-bond donors (Lipinski definition) is 1. The van der Waals surface area contributed by atoms with E-state index >= 15 is 0 Å². The van der Waals surface area contributed by atoms with E-state index in [1.165, 1.54) is 10.5 Å². The normalized spacial score (nSPS) is 15.4. The third kappa shape index (κ3) is 4.87. The molecule has 27 heavy (non-hydrogen) atoms. The number of amides is 1. The predicted molar refractivity (Wildman–Crippen MR) is 104 cm³/mol. The van der Waals surface area contributed by atoms with Gasteiger partial charge in [0.05, 0.1) is 19.7 Å². The summed E-state index contributed by atoms with van der Waals surface area (Å²) in [5.74, 6) is 0. The number of likely N-dealkylation sites (tertiary alicyclic amines) is 1. The third-order valence-corrected chi connectivity index (χ3v) is 4.97. The van der Waals surface area contributed by atoms with Gasteiger partial charge in [-0.2, -0.15) is 0 Å². The van der Waals surface area contributed by atoms with E-state index < -0.39 is 11.7 Å². The van der Waals surface area contributed by atoms with E-state index in [9.17, 15) is 9.90 Å². The molecular formula is C22H27NO4. The van der Waals surface area contributed by atoms with Crippen LogP contribution in [0.4, 0.5) is 4.79 Å². The zero-order chi connectivity index (χ0) is 19.1. The van der Waals surface area contributed by atoms with Crippen LogP contribution in [0.15, 0.2) is 54.6 Å². The zero-order valence-electron chi connectivity index (χ0n) is 15.8. The van der Waals surface area contributed by atoms with Gasteiger partial charge in [0.1, 0.15) is 5.60 Å². The SMILES string of the molecule is Cc1ccccc1C1(OCCCCOCc2ccccc2)CN(C(=O)O)C1. The molecule has 0 aromatic heterocycles. The van der Waals surface area contributed by atoms with E-state index in [0.717, 1.165) is 24.0 Å². The van der Waals surface area contributed by atoms with Gasteiger partial charge in [-0.3, -0.25) is 0 Å². The molecule has 1 heterocycles. The molecule has 3 rings (SSSR count). The van der Waals surface area contributed by atoms with Crippen molar-refractivity contribution in [3.63, 3.8) is 0 Å². The number of carboxylic acid groups (broad SMARTS) is 1. The highest BCUT2D eigenvalue weighted by atomic mass is 16.5. The fourth-order valence-electron chi connectivity index (χ4n) is 3.47. The number of aryl methyl sites for hydroxylation is 1.